The van der Waals surface area contributed by atoms with Crippen LogP contribution < -0.4 is 0 Å². The topological polar surface area (TPSA) is 78.9 Å². The fourth-order valence-corrected chi connectivity index (χ4v) is 1.64. The number of rotatable bonds is 6. The van der Waals surface area contributed by atoms with Crippen LogP contribution in [-0.2, 0) is 19.0 Å². The smallest absolute Gasteiger partial charge is 0.338 e. The Bertz CT molecular complexity index is 552. The van der Waals surface area contributed by atoms with E-state index in [4.69, 9.17) is 9.47 Å². The Kier molecular flexibility index (Phi) is 6.82. The molecular weight excluding hydrogens is 288 g/mol. The van der Waals surface area contributed by atoms with E-state index >= 15 is 0 Å². The number of hydrogen-bond acceptors (Lipinski definition) is 6. The molecular formula is C16H18O6. The summed E-state index contributed by atoms with van der Waals surface area (Å²) in [5.41, 5.74) is 0.896. The molecule has 0 radical (unpaired) electrons. The Morgan fingerprint density at radius 3 is 1.86 bits per heavy atom. The molecule has 0 aliphatic rings. The minimum Gasteiger partial charge on any atom is -0.466 e. The van der Waals surface area contributed by atoms with Gasteiger partial charge in [0.2, 0.25) is 0 Å². The van der Waals surface area contributed by atoms with Crippen molar-refractivity contribution in [3.05, 3.63) is 41.0 Å². The number of esters is 3. The molecule has 22 heavy (non-hydrogen) atoms. The van der Waals surface area contributed by atoms with E-state index in [2.05, 4.69) is 4.74 Å². The van der Waals surface area contributed by atoms with Crippen molar-refractivity contribution >= 4 is 24.0 Å². The lowest BCUT2D eigenvalue weighted by Gasteiger charge is -2.07. The van der Waals surface area contributed by atoms with E-state index in [-0.39, 0.29) is 24.3 Å². The number of hydrogen-bond donors (Lipinski definition) is 0. The standard InChI is InChI=1S/C16H18O6/c1-4-21-15(18)12-8-11(6-7-14(17)20-3)9-13(10-12)16(19)22-5-2/h6-10H,4-5H2,1-3H3. The molecule has 0 heterocycles. The summed E-state index contributed by atoms with van der Waals surface area (Å²) in [6.45, 7) is 3.81. The van der Waals surface area contributed by atoms with Gasteiger partial charge in [-0.1, -0.05) is 0 Å². The van der Waals surface area contributed by atoms with Crippen LogP contribution in [0.5, 0.6) is 0 Å². The molecule has 0 aliphatic carbocycles. The van der Waals surface area contributed by atoms with Gasteiger partial charge in [-0.15, -0.1) is 0 Å². The first kappa shape index (κ1) is 17.4. The molecule has 0 amide bonds. The van der Waals surface area contributed by atoms with Crippen molar-refractivity contribution < 1.29 is 28.6 Å². The monoisotopic (exact) mass is 306 g/mol. The highest BCUT2D eigenvalue weighted by atomic mass is 16.5. The summed E-state index contributed by atoms with van der Waals surface area (Å²) in [6.07, 6.45) is 2.64. The van der Waals surface area contributed by atoms with Crippen LogP contribution >= 0.6 is 0 Å². The number of carbonyl (C=O) groups is 3. The second-order valence-electron chi connectivity index (χ2n) is 4.14. The van der Waals surface area contributed by atoms with Gasteiger partial charge >= 0.3 is 17.9 Å². The summed E-state index contributed by atoms with van der Waals surface area (Å²) in [7, 11) is 1.26. The normalized spacial score (nSPS) is 10.3. The van der Waals surface area contributed by atoms with Crippen LogP contribution in [-0.4, -0.2) is 38.2 Å². The zero-order valence-corrected chi connectivity index (χ0v) is 12.8. The summed E-state index contributed by atoms with van der Waals surface area (Å²) >= 11 is 0. The molecule has 1 rings (SSSR count). The minimum atomic E-state index is -0.554. The molecule has 0 unspecified atom stereocenters. The van der Waals surface area contributed by atoms with Gasteiger partial charge in [-0.25, -0.2) is 14.4 Å². The molecule has 1 aromatic carbocycles. The van der Waals surface area contributed by atoms with Gasteiger partial charge in [-0.05, 0) is 43.7 Å². The van der Waals surface area contributed by atoms with Crippen LogP contribution in [0.1, 0.15) is 40.1 Å². The molecule has 0 bridgehead atoms. The van der Waals surface area contributed by atoms with Crippen molar-refractivity contribution in [3.63, 3.8) is 0 Å². The third-order valence-electron chi connectivity index (χ3n) is 2.59. The lowest BCUT2D eigenvalue weighted by molar-refractivity contribution is -0.134. The van der Waals surface area contributed by atoms with E-state index in [0.717, 1.165) is 0 Å². The van der Waals surface area contributed by atoms with Crippen molar-refractivity contribution in [2.45, 2.75) is 13.8 Å². The third-order valence-corrected chi connectivity index (χ3v) is 2.59. The molecule has 0 aromatic heterocycles. The molecule has 0 saturated heterocycles. The zero-order chi connectivity index (χ0) is 16.5. The molecule has 6 heteroatoms. The van der Waals surface area contributed by atoms with Gasteiger partial charge < -0.3 is 14.2 Å². The van der Waals surface area contributed by atoms with E-state index in [9.17, 15) is 14.4 Å². The molecule has 118 valence electrons. The summed E-state index contributed by atoms with van der Waals surface area (Å²) in [6, 6.07) is 4.42. The summed E-state index contributed by atoms with van der Waals surface area (Å²) in [5, 5.41) is 0. The fourth-order valence-electron chi connectivity index (χ4n) is 1.64. The average Bonchev–Trinajstić information content (AvgIpc) is 2.52. The summed E-state index contributed by atoms with van der Waals surface area (Å²) in [4.78, 5) is 34.8. The predicted octanol–water partition coefficient (Wildman–Crippen LogP) is 2.23. The van der Waals surface area contributed by atoms with Crippen LogP contribution in [0.3, 0.4) is 0 Å². The maximum atomic E-state index is 11.8. The zero-order valence-electron chi connectivity index (χ0n) is 12.8. The molecule has 1 aromatic rings. The first-order valence-electron chi connectivity index (χ1n) is 6.77. The molecule has 6 nitrogen and oxygen atoms in total. The van der Waals surface area contributed by atoms with Gasteiger partial charge in [0.1, 0.15) is 0 Å². The van der Waals surface area contributed by atoms with Crippen molar-refractivity contribution in [1.82, 2.24) is 0 Å². The number of methoxy groups -OCH3 is 1. The van der Waals surface area contributed by atoms with Gasteiger partial charge in [0.25, 0.3) is 0 Å². The van der Waals surface area contributed by atoms with Crippen molar-refractivity contribution in [2.75, 3.05) is 20.3 Å². The van der Waals surface area contributed by atoms with Crippen LogP contribution in [0.4, 0.5) is 0 Å². The SMILES string of the molecule is CCOC(=O)c1cc(C=CC(=O)OC)cc(C(=O)OCC)c1. The maximum absolute atomic E-state index is 11.8. The number of carbonyl (C=O) groups excluding carboxylic acids is 3. The van der Waals surface area contributed by atoms with Crippen LogP contribution in [0.2, 0.25) is 0 Å². The number of ether oxygens (including phenoxy) is 3. The van der Waals surface area contributed by atoms with Gasteiger partial charge in [-0.2, -0.15) is 0 Å². The number of benzene rings is 1. The van der Waals surface area contributed by atoms with Crippen LogP contribution in [0.15, 0.2) is 24.3 Å². The fraction of sp³-hybridized carbons (Fsp3) is 0.312. The van der Waals surface area contributed by atoms with Crippen molar-refractivity contribution in [2.24, 2.45) is 0 Å². The van der Waals surface area contributed by atoms with Gasteiger partial charge in [0.15, 0.2) is 0 Å². The van der Waals surface area contributed by atoms with Crippen molar-refractivity contribution in [3.8, 4) is 0 Å². The second kappa shape index (κ2) is 8.61. The van der Waals surface area contributed by atoms with E-state index in [1.807, 2.05) is 0 Å². The average molecular weight is 306 g/mol. The largest absolute Gasteiger partial charge is 0.466 e. The second-order valence-corrected chi connectivity index (χ2v) is 4.14. The highest BCUT2D eigenvalue weighted by Gasteiger charge is 2.14. The first-order valence-corrected chi connectivity index (χ1v) is 6.77. The quantitative estimate of drug-likeness (QED) is 0.455. The molecule has 0 spiro atoms. The third kappa shape index (κ3) is 5.05. The van der Waals surface area contributed by atoms with Gasteiger partial charge in [0, 0.05) is 6.08 Å². The highest BCUT2D eigenvalue weighted by molar-refractivity contribution is 5.97. The van der Waals surface area contributed by atoms with E-state index in [1.54, 1.807) is 13.8 Å². The molecule has 0 atom stereocenters. The van der Waals surface area contributed by atoms with E-state index in [1.165, 1.54) is 37.5 Å². The predicted molar refractivity (Wildman–Crippen MR) is 79.4 cm³/mol. The molecule has 0 saturated carbocycles. The Labute approximate surface area is 128 Å². The first-order chi connectivity index (χ1) is 10.5. The van der Waals surface area contributed by atoms with Crippen LogP contribution in [0.25, 0.3) is 6.08 Å². The molecule has 0 fully saturated rings. The molecule has 0 aliphatic heterocycles. The maximum Gasteiger partial charge on any atom is 0.338 e. The van der Waals surface area contributed by atoms with Crippen molar-refractivity contribution in [1.29, 1.82) is 0 Å². The summed E-state index contributed by atoms with van der Waals surface area (Å²) in [5.74, 6) is -1.65. The van der Waals surface area contributed by atoms with E-state index < -0.39 is 17.9 Å². The Morgan fingerprint density at radius 1 is 0.955 bits per heavy atom. The Morgan fingerprint density at radius 2 is 1.45 bits per heavy atom. The Hall–Kier alpha value is -2.63. The van der Waals surface area contributed by atoms with Gasteiger partial charge in [0.05, 0.1) is 31.5 Å². The lowest BCUT2D eigenvalue weighted by atomic mass is 10.0. The van der Waals surface area contributed by atoms with Crippen LogP contribution in [0, 0.1) is 0 Å². The Balaban J connectivity index is 3.19. The van der Waals surface area contributed by atoms with E-state index in [0.29, 0.717) is 5.56 Å². The minimum absolute atomic E-state index is 0.205. The lowest BCUT2D eigenvalue weighted by Crippen LogP contribution is -2.09. The molecule has 0 N–H and O–H groups in total. The summed E-state index contributed by atoms with van der Waals surface area (Å²) < 4.78 is 14.3. The highest BCUT2D eigenvalue weighted by Crippen LogP contribution is 2.15. The van der Waals surface area contributed by atoms with Gasteiger partial charge in [-0.3, -0.25) is 0 Å².